The number of carboxylic acid groups (broad SMARTS) is 1. The summed E-state index contributed by atoms with van der Waals surface area (Å²) in [6.07, 6.45) is 1.95. The lowest BCUT2D eigenvalue weighted by molar-refractivity contribution is -0.138. The first kappa shape index (κ1) is 12.2. The molecule has 0 aliphatic carbocycles. The van der Waals surface area contributed by atoms with E-state index in [0.717, 1.165) is 9.88 Å². The minimum atomic E-state index is -0.764. The van der Waals surface area contributed by atoms with Gasteiger partial charge in [0.15, 0.2) is 0 Å². The molecule has 0 aromatic carbocycles. The van der Waals surface area contributed by atoms with Crippen LogP contribution >= 0.6 is 11.3 Å². The van der Waals surface area contributed by atoms with E-state index >= 15 is 0 Å². The van der Waals surface area contributed by atoms with E-state index in [1.165, 1.54) is 0 Å². The van der Waals surface area contributed by atoms with E-state index < -0.39 is 5.97 Å². The Morgan fingerprint density at radius 1 is 1.60 bits per heavy atom. The van der Waals surface area contributed by atoms with Gasteiger partial charge in [-0.3, -0.25) is 4.79 Å². The van der Waals surface area contributed by atoms with Crippen LogP contribution in [0.4, 0.5) is 0 Å². The van der Waals surface area contributed by atoms with Crippen LogP contribution in [0.15, 0.2) is 6.20 Å². The number of hydrogen-bond acceptors (Lipinski definition) is 3. The Morgan fingerprint density at radius 3 is 2.60 bits per heavy atom. The van der Waals surface area contributed by atoms with Gasteiger partial charge in [-0.25, -0.2) is 4.98 Å². The topological polar surface area (TPSA) is 50.2 Å². The van der Waals surface area contributed by atoms with Gasteiger partial charge in [-0.1, -0.05) is 27.7 Å². The molecule has 1 aromatic heterocycles. The van der Waals surface area contributed by atoms with Gasteiger partial charge in [0.1, 0.15) is 0 Å². The molecule has 0 saturated heterocycles. The lowest BCUT2D eigenvalue weighted by Crippen LogP contribution is -2.20. The van der Waals surface area contributed by atoms with E-state index in [-0.39, 0.29) is 11.8 Å². The van der Waals surface area contributed by atoms with Crippen molar-refractivity contribution < 1.29 is 9.90 Å². The molecule has 0 amide bonds. The van der Waals surface area contributed by atoms with Gasteiger partial charge in [0, 0.05) is 22.4 Å². The molecule has 1 N–H and O–H groups in total. The molecule has 4 heteroatoms. The third kappa shape index (κ3) is 3.02. The number of carboxylic acids is 1. The average molecular weight is 227 g/mol. The molecule has 0 atom stereocenters. The summed E-state index contributed by atoms with van der Waals surface area (Å²) in [5.74, 6) is -0.358. The van der Waals surface area contributed by atoms with Gasteiger partial charge in [0.2, 0.25) is 0 Å². The Morgan fingerprint density at radius 2 is 2.20 bits per heavy atom. The van der Waals surface area contributed by atoms with E-state index in [0.29, 0.717) is 5.92 Å². The molecular weight excluding hydrogens is 210 g/mol. The van der Waals surface area contributed by atoms with Crippen LogP contribution in [0.2, 0.25) is 0 Å². The molecule has 0 saturated carbocycles. The first-order valence-electron chi connectivity index (χ1n) is 5.01. The fraction of sp³-hybridized carbons (Fsp3) is 0.636. The van der Waals surface area contributed by atoms with Crippen LogP contribution in [0, 0.1) is 0 Å². The van der Waals surface area contributed by atoms with Crippen LogP contribution in [-0.4, -0.2) is 16.1 Å². The minimum absolute atomic E-state index is 0.146. The summed E-state index contributed by atoms with van der Waals surface area (Å²) in [5, 5.41) is 9.88. The maximum Gasteiger partial charge on any atom is 0.304 e. The molecule has 0 unspecified atom stereocenters. The highest BCUT2D eigenvalue weighted by Crippen LogP contribution is 2.33. The van der Waals surface area contributed by atoms with Crippen molar-refractivity contribution in [2.24, 2.45) is 0 Å². The van der Waals surface area contributed by atoms with Gasteiger partial charge in [-0.2, -0.15) is 0 Å². The molecule has 84 valence electrons. The molecule has 0 aliphatic heterocycles. The number of rotatable bonds is 4. The van der Waals surface area contributed by atoms with Crippen molar-refractivity contribution in [3.8, 4) is 0 Å². The number of aromatic nitrogens is 1. The van der Waals surface area contributed by atoms with E-state index in [4.69, 9.17) is 5.11 Å². The van der Waals surface area contributed by atoms with Gasteiger partial charge in [0.25, 0.3) is 0 Å². The second kappa shape index (κ2) is 4.31. The second-order valence-electron chi connectivity index (χ2n) is 4.67. The highest BCUT2D eigenvalue weighted by molar-refractivity contribution is 7.11. The van der Waals surface area contributed by atoms with E-state index in [9.17, 15) is 4.79 Å². The van der Waals surface area contributed by atoms with Crippen molar-refractivity contribution >= 4 is 17.3 Å². The first-order chi connectivity index (χ1) is 6.83. The molecule has 1 aromatic rings. The monoisotopic (exact) mass is 227 g/mol. The van der Waals surface area contributed by atoms with Crippen molar-refractivity contribution in [1.82, 2.24) is 4.98 Å². The Hall–Kier alpha value is -0.900. The lowest BCUT2D eigenvalue weighted by atomic mass is 9.88. The van der Waals surface area contributed by atoms with Crippen molar-refractivity contribution in [2.75, 3.05) is 0 Å². The van der Waals surface area contributed by atoms with Crippen LogP contribution in [0.1, 0.15) is 49.9 Å². The van der Waals surface area contributed by atoms with E-state index in [1.54, 1.807) is 11.3 Å². The quantitative estimate of drug-likeness (QED) is 0.860. The standard InChI is InChI=1S/C11H17NO2S/c1-7(2)10-12-6-8(15-10)11(3,4)5-9(13)14/h6-7H,5H2,1-4H3,(H,13,14). The number of thiazole rings is 1. The predicted octanol–water partition coefficient (Wildman–Crippen LogP) is 3.02. The number of hydrogen-bond donors (Lipinski definition) is 1. The van der Waals surface area contributed by atoms with E-state index in [1.807, 2.05) is 20.0 Å². The van der Waals surface area contributed by atoms with Gasteiger partial charge < -0.3 is 5.11 Å². The van der Waals surface area contributed by atoms with Crippen molar-refractivity contribution in [3.05, 3.63) is 16.1 Å². The van der Waals surface area contributed by atoms with Crippen molar-refractivity contribution in [3.63, 3.8) is 0 Å². The Kier molecular flexibility index (Phi) is 3.50. The van der Waals surface area contributed by atoms with E-state index in [2.05, 4.69) is 18.8 Å². The van der Waals surface area contributed by atoms with Crippen LogP contribution in [0.5, 0.6) is 0 Å². The molecule has 0 aliphatic rings. The zero-order valence-corrected chi connectivity index (χ0v) is 10.4. The molecule has 3 nitrogen and oxygen atoms in total. The molecule has 15 heavy (non-hydrogen) atoms. The highest BCUT2D eigenvalue weighted by atomic mass is 32.1. The van der Waals surface area contributed by atoms with Crippen LogP contribution in [0.3, 0.4) is 0 Å². The normalized spacial score (nSPS) is 12.1. The van der Waals surface area contributed by atoms with Gasteiger partial charge in [0.05, 0.1) is 11.4 Å². The fourth-order valence-electron chi connectivity index (χ4n) is 1.33. The summed E-state index contributed by atoms with van der Waals surface area (Å²) in [6.45, 7) is 8.07. The van der Waals surface area contributed by atoms with Crippen molar-refractivity contribution in [1.29, 1.82) is 0 Å². The Balaban J connectivity index is 2.89. The maximum absolute atomic E-state index is 10.7. The highest BCUT2D eigenvalue weighted by Gasteiger charge is 2.26. The van der Waals surface area contributed by atoms with Crippen LogP contribution in [0.25, 0.3) is 0 Å². The molecular formula is C11H17NO2S. The minimum Gasteiger partial charge on any atom is -0.481 e. The molecule has 0 spiro atoms. The number of nitrogens with zero attached hydrogens (tertiary/aromatic N) is 1. The Bertz CT molecular complexity index is 355. The third-order valence-corrected chi connectivity index (χ3v) is 3.94. The second-order valence-corrected chi connectivity index (χ2v) is 5.73. The van der Waals surface area contributed by atoms with Crippen LogP contribution < -0.4 is 0 Å². The molecule has 1 heterocycles. The summed E-state index contributed by atoms with van der Waals surface area (Å²) in [5.41, 5.74) is -0.323. The van der Waals surface area contributed by atoms with Gasteiger partial charge >= 0.3 is 5.97 Å². The largest absolute Gasteiger partial charge is 0.481 e. The summed E-state index contributed by atoms with van der Waals surface area (Å²) in [6, 6.07) is 0. The summed E-state index contributed by atoms with van der Waals surface area (Å²) in [7, 11) is 0. The molecule has 1 rings (SSSR count). The number of aliphatic carboxylic acids is 1. The predicted molar refractivity (Wildman–Crippen MR) is 61.5 cm³/mol. The fourth-order valence-corrected chi connectivity index (χ4v) is 2.35. The van der Waals surface area contributed by atoms with Gasteiger partial charge in [-0.15, -0.1) is 11.3 Å². The van der Waals surface area contributed by atoms with Crippen LogP contribution in [-0.2, 0) is 10.2 Å². The first-order valence-corrected chi connectivity index (χ1v) is 5.82. The lowest BCUT2D eigenvalue weighted by Gasteiger charge is -2.19. The maximum atomic E-state index is 10.7. The van der Waals surface area contributed by atoms with Crippen molar-refractivity contribution in [2.45, 2.75) is 45.4 Å². The molecule has 0 fully saturated rings. The zero-order valence-electron chi connectivity index (χ0n) is 9.57. The smallest absolute Gasteiger partial charge is 0.304 e. The summed E-state index contributed by atoms with van der Waals surface area (Å²) in [4.78, 5) is 16.1. The number of carbonyl (C=O) groups is 1. The average Bonchev–Trinajstić information content (AvgIpc) is 2.48. The molecule has 0 radical (unpaired) electrons. The zero-order chi connectivity index (χ0) is 11.6. The SMILES string of the molecule is CC(C)c1ncc(C(C)(C)CC(=O)O)s1. The molecule has 0 bridgehead atoms. The summed E-state index contributed by atoms with van der Waals surface area (Å²) < 4.78 is 0. The van der Waals surface area contributed by atoms with Gasteiger partial charge in [-0.05, 0) is 0 Å². The Labute approximate surface area is 94.2 Å². The third-order valence-electron chi connectivity index (χ3n) is 2.28. The summed E-state index contributed by atoms with van der Waals surface area (Å²) >= 11 is 1.62.